The molecule has 10 heteroatoms. The number of nitrogens with zero attached hydrogens (tertiary/aromatic N) is 1. The van der Waals surface area contributed by atoms with Gasteiger partial charge in [0.2, 0.25) is 5.91 Å². The van der Waals surface area contributed by atoms with E-state index in [1.54, 1.807) is 30.3 Å². The van der Waals surface area contributed by atoms with Crippen LogP contribution in [0.3, 0.4) is 0 Å². The first-order valence-electron chi connectivity index (χ1n) is 11.5. The van der Waals surface area contributed by atoms with Crippen molar-refractivity contribution in [2.24, 2.45) is 0 Å². The zero-order valence-electron chi connectivity index (χ0n) is 20.8. The van der Waals surface area contributed by atoms with E-state index >= 15 is 0 Å². The summed E-state index contributed by atoms with van der Waals surface area (Å²) in [7, 11) is 2.77. The lowest BCUT2D eigenvalue weighted by molar-refractivity contribution is -0.120. The lowest BCUT2D eigenvalue weighted by Gasteiger charge is -2.16. The van der Waals surface area contributed by atoms with E-state index in [-0.39, 0.29) is 34.3 Å². The van der Waals surface area contributed by atoms with Crippen LogP contribution in [0.5, 0.6) is 5.75 Å². The van der Waals surface area contributed by atoms with Crippen molar-refractivity contribution in [2.45, 2.75) is 13.3 Å². The first-order valence-corrected chi connectivity index (χ1v) is 11.9. The molecule has 2 N–H and O–H groups in total. The maximum atomic E-state index is 13.1. The Morgan fingerprint density at radius 3 is 2.37 bits per heavy atom. The van der Waals surface area contributed by atoms with Gasteiger partial charge in [-0.15, -0.1) is 0 Å². The molecule has 0 radical (unpaired) electrons. The minimum atomic E-state index is -0.721. The molecule has 1 heterocycles. The number of nitrogens with one attached hydrogen (secondary N) is 2. The molecule has 0 bridgehead atoms. The quantitative estimate of drug-likeness (QED) is 0.326. The Kier molecular flexibility index (Phi) is 7.78. The standard InChI is InChI=1S/C28H24ClN3O6/c1-16-7-12-22(37-2)21(13-16)31-23(33)14-17-8-10-19(11-9-17)30-25-24(29)26(34)32(27(25)35)20-6-4-5-18(15-20)28(36)38-3/h4-13,15,30H,14H2,1-3H3,(H,31,33). The number of carbonyl (C=O) groups is 4. The van der Waals surface area contributed by atoms with Gasteiger partial charge in [0.15, 0.2) is 0 Å². The van der Waals surface area contributed by atoms with Gasteiger partial charge in [0.05, 0.1) is 37.6 Å². The number of carbonyl (C=O) groups excluding carboxylic acids is 4. The second kappa shape index (κ2) is 11.2. The molecule has 194 valence electrons. The number of hydrogen-bond donors (Lipinski definition) is 2. The summed E-state index contributed by atoms with van der Waals surface area (Å²) in [4.78, 5) is 51.1. The molecular formula is C28H24ClN3O6. The van der Waals surface area contributed by atoms with Crippen LogP contribution in [-0.2, 0) is 25.5 Å². The van der Waals surface area contributed by atoms with Crippen LogP contribution in [0.15, 0.2) is 77.5 Å². The summed E-state index contributed by atoms with van der Waals surface area (Å²) in [6.45, 7) is 1.92. The SMILES string of the molecule is COC(=O)c1cccc(N2C(=O)C(Cl)=C(Nc3ccc(CC(=O)Nc4cc(C)ccc4OC)cc3)C2=O)c1. The van der Waals surface area contributed by atoms with Gasteiger partial charge < -0.3 is 20.1 Å². The molecule has 0 aromatic heterocycles. The summed E-state index contributed by atoms with van der Waals surface area (Å²) in [5, 5.41) is 5.46. The molecule has 0 fully saturated rings. The molecule has 0 saturated carbocycles. The number of benzene rings is 3. The molecule has 9 nitrogen and oxygen atoms in total. The van der Waals surface area contributed by atoms with Crippen LogP contribution in [0, 0.1) is 6.92 Å². The van der Waals surface area contributed by atoms with E-state index in [1.807, 2.05) is 19.1 Å². The van der Waals surface area contributed by atoms with E-state index in [9.17, 15) is 19.2 Å². The van der Waals surface area contributed by atoms with Gasteiger partial charge in [0.25, 0.3) is 11.8 Å². The van der Waals surface area contributed by atoms with Gasteiger partial charge in [-0.2, -0.15) is 0 Å². The van der Waals surface area contributed by atoms with Crippen LogP contribution in [0.25, 0.3) is 0 Å². The smallest absolute Gasteiger partial charge is 0.337 e. The fourth-order valence-corrected chi connectivity index (χ4v) is 4.10. The summed E-state index contributed by atoms with van der Waals surface area (Å²) in [6, 6.07) is 18.2. The van der Waals surface area contributed by atoms with Crippen molar-refractivity contribution < 1.29 is 28.7 Å². The first-order chi connectivity index (χ1) is 18.2. The number of methoxy groups -OCH3 is 2. The van der Waals surface area contributed by atoms with Crippen molar-refractivity contribution in [1.82, 2.24) is 0 Å². The van der Waals surface area contributed by atoms with Gasteiger partial charge in [-0.05, 0) is 60.5 Å². The summed E-state index contributed by atoms with van der Waals surface area (Å²) >= 11 is 6.21. The molecule has 0 unspecified atom stereocenters. The average molecular weight is 534 g/mol. The third-order valence-corrected chi connectivity index (χ3v) is 6.12. The molecular weight excluding hydrogens is 510 g/mol. The van der Waals surface area contributed by atoms with Crippen molar-refractivity contribution in [2.75, 3.05) is 29.8 Å². The fourth-order valence-electron chi connectivity index (χ4n) is 3.89. The Morgan fingerprint density at radius 2 is 1.68 bits per heavy atom. The monoisotopic (exact) mass is 533 g/mol. The topological polar surface area (TPSA) is 114 Å². The van der Waals surface area contributed by atoms with Gasteiger partial charge in [0.1, 0.15) is 16.5 Å². The van der Waals surface area contributed by atoms with E-state index in [0.717, 1.165) is 16.0 Å². The molecule has 0 aliphatic carbocycles. The van der Waals surface area contributed by atoms with E-state index in [0.29, 0.717) is 17.1 Å². The number of aryl methyl sites for hydroxylation is 1. The van der Waals surface area contributed by atoms with Crippen molar-refractivity contribution in [3.8, 4) is 5.75 Å². The van der Waals surface area contributed by atoms with Crippen LogP contribution in [0.1, 0.15) is 21.5 Å². The highest BCUT2D eigenvalue weighted by atomic mass is 35.5. The molecule has 3 aromatic carbocycles. The Bertz CT molecular complexity index is 1470. The molecule has 1 aliphatic heterocycles. The normalized spacial score (nSPS) is 13.0. The summed E-state index contributed by atoms with van der Waals surface area (Å²) < 4.78 is 10.00. The summed E-state index contributed by atoms with van der Waals surface area (Å²) in [5.74, 6) is -1.65. The number of imide groups is 1. The zero-order valence-corrected chi connectivity index (χ0v) is 21.6. The molecule has 38 heavy (non-hydrogen) atoms. The maximum absolute atomic E-state index is 13.1. The molecule has 0 spiro atoms. The van der Waals surface area contributed by atoms with E-state index in [1.165, 1.54) is 38.5 Å². The second-order valence-electron chi connectivity index (χ2n) is 8.43. The van der Waals surface area contributed by atoms with Gasteiger partial charge in [0, 0.05) is 5.69 Å². The number of ether oxygens (including phenoxy) is 2. The van der Waals surface area contributed by atoms with Gasteiger partial charge in [-0.3, -0.25) is 14.4 Å². The molecule has 3 aromatic rings. The Morgan fingerprint density at radius 1 is 0.947 bits per heavy atom. The van der Waals surface area contributed by atoms with Crippen molar-refractivity contribution in [3.05, 3.63) is 94.1 Å². The predicted octanol–water partition coefficient (Wildman–Crippen LogP) is 4.41. The summed E-state index contributed by atoms with van der Waals surface area (Å²) in [5.41, 5.74) is 3.07. The van der Waals surface area contributed by atoms with Crippen LogP contribution in [0.2, 0.25) is 0 Å². The van der Waals surface area contributed by atoms with E-state index in [4.69, 9.17) is 21.1 Å². The predicted molar refractivity (Wildman–Crippen MR) is 143 cm³/mol. The molecule has 3 amide bonds. The number of anilines is 3. The minimum Gasteiger partial charge on any atom is -0.495 e. The van der Waals surface area contributed by atoms with Gasteiger partial charge >= 0.3 is 5.97 Å². The maximum Gasteiger partial charge on any atom is 0.337 e. The highest BCUT2D eigenvalue weighted by Gasteiger charge is 2.39. The van der Waals surface area contributed by atoms with Crippen molar-refractivity contribution in [1.29, 1.82) is 0 Å². The van der Waals surface area contributed by atoms with Gasteiger partial charge in [-0.1, -0.05) is 35.9 Å². The number of amides is 3. The lowest BCUT2D eigenvalue weighted by atomic mass is 10.1. The summed E-state index contributed by atoms with van der Waals surface area (Å²) in [6.07, 6.45) is 0.114. The zero-order chi connectivity index (χ0) is 27.4. The van der Waals surface area contributed by atoms with Gasteiger partial charge in [-0.25, -0.2) is 9.69 Å². The third kappa shape index (κ3) is 5.52. The first kappa shape index (κ1) is 26.4. The van der Waals surface area contributed by atoms with Crippen LogP contribution in [0.4, 0.5) is 17.1 Å². The molecule has 0 saturated heterocycles. The number of esters is 1. The number of rotatable bonds is 8. The Labute approximate surface area is 224 Å². The lowest BCUT2D eigenvalue weighted by Crippen LogP contribution is -2.32. The number of hydrogen-bond acceptors (Lipinski definition) is 7. The van der Waals surface area contributed by atoms with Crippen molar-refractivity contribution >= 4 is 52.4 Å². The van der Waals surface area contributed by atoms with E-state index in [2.05, 4.69) is 10.6 Å². The number of halogens is 1. The Balaban J connectivity index is 1.44. The molecule has 4 rings (SSSR count). The van der Waals surface area contributed by atoms with Crippen LogP contribution >= 0.6 is 11.6 Å². The molecule has 1 aliphatic rings. The highest BCUT2D eigenvalue weighted by Crippen LogP contribution is 2.31. The highest BCUT2D eigenvalue weighted by molar-refractivity contribution is 6.53. The van der Waals surface area contributed by atoms with Crippen LogP contribution in [-0.4, -0.2) is 37.9 Å². The third-order valence-electron chi connectivity index (χ3n) is 5.77. The fraction of sp³-hybridized carbons (Fsp3) is 0.143. The minimum absolute atomic E-state index is 0.0998. The Hall–Kier alpha value is -4.63. The van der Waals surface area contributed by atoms with Crippen molar-refractivity contribution in [3.63, 3.8) is 0 Å². The molecule has 0 atom stereocenters. The second-order valence-corrected chi connectivity index (χ2v) is 8.81. The average Bonchev–Trinajstić information content (AvgIpc) is 3.12. The van der Waals surface area contributed by atoms with E-state index < -0.39 is 17.8 Å². The van der Waals surface area contributed by atoms with Crippen LogP contribution < -0.4 is 20.3 Å². The largest absolute Gasteiger partial charge is 0.495 e.